The van der Waals surface area contributed by atoms with Gasteiger partial charge in [-0.3, -0.25) is 4.79 Å². The fourth-order valence-corrected chi connectivity index (χ4v) is 7.63. The summed E-state index contributed by atoms with van der Waals surface area (Å²) in [5, 5.41) is 2.05. The molecular formula is C18H22N2O3S3. The number of amides is 1. The van der Waals surface area contributed by atoms with Crippen molar-refractivity contribution < 1.29 is 13.2 Å². The zero-order chi connectivity index (χ0) is 18.1. The van der Waals surface area contributed by atoms with Gasteiger partial charge in [0.2, 0.25) is 5.91 Å². The summed E-state index contributed by atoms with van der Waals surface area (Å²) in [7, 11) is -3.39. The third-order valence-corrected chi connectivity index (χ3v) is 9.49. The summed E-state index contributed by atoms with van der Waals surface area (Å²) in [4.78, 5) is 16.8. The minimum atomic E-state index is -3.39. The van der Waals surface area contributed by atoms with E-state index in [0.717, 1.165) is 37.1 Å². The highest BCUT2D eigenvalue weighted by atomic mass is 32.2. The molecule has 2 aromatic heterocycles. The first kappa shape index (κ1) is 18.2. The van der Waals surface area contributed by atoms with Gasteiger partial charge in [-0.05, 0) is 49.3 Å². The van der Waals surface area contributed by atoms with Crippen LogP contribution in [0.15, 0.2) is 33.9 Å². The number of hydrogen-bond acceptors (Lipinski definition) is 5. The molecule has 0 aliphatic carbocycles. The first-order valence-electron chi connectivity index (χ1n) is 8.97. The number of hydrogen-bond donors (Lipinski definition) is 0. The number of nitrogens with zero attached hydrogens (tertiary/aromatic N) is 2. The van der Waals surface area contributed by atoms with Crippen LogP contribution in [0.1, 0.15) is 41.5 Å². The maximum absolute atomic E-state index is 12.8. The first-order chi connectivity index (χ1) is 12.6. The molecule has 0 aromatic carbocycles. The van der Waals surface area contributed by atoms with Gasteiger partial charge in [-0.2, -0.15) is 4.31 Å². The van der Waals surface area contributed by atoms with Gasteiger partial charge >= 0.3 is 0 Å². The van der Waals surface area contributed by atoms with E-state index >= 15 is 0 Å². The Hall–Kier alpha value is -1.22. The summed E-state index contributed by atoms with van der Waals surface area (Å²) in [5.74, 6) is 0.0906. The lowest BCUT2D eigenvalue weighted by molar-refractivity contribution is -0.131. The molecule has 0 radical (unpaired) electrons. The van der Waals surface area contributed by atoms with Crippen LogP contribution in [0.4, 0.5) is 0 Å². The van der Waals surface area contributed by atoms with Crippen LogP contribution in [0.2, 0.25) is 0 Å². The molecule has 0 bridgehead atoms. The van der Waals surface area contributed by atoms with Crippen molar-refractivity contribution in [3.8, 4) is 0 Å². The van der Waals surface area contributed by atoms with E-state index in [1.165, 1.54) is 16.2 Å². The van der Waals surface area contributed by atoms with E-state index in [9.17, 15) is 13.2 Å². The smallest absolute Gasteiger partial charge is 0.252 e. The zero-order valence-corrected chi connectivity index (χ0v) is 16.9. The fraction of sp³-hybridized carbons (Fsp3) is 0.500. The van der Waals surface area contributed by atoms with Crippen LogP contribution in [0, 0.1) is 0 Å². The van der Waals surface area contributed by atoms with Crippen molar-refractivity contribution in [3.05, 3.63) is 39.4 Å². The van der Waals surface area contributed by atoms with Crippen molar-refractivity contribution in [2.75, 3.05) is 19.6 Å². The fourth-order valence-electron chi connectivity index (χ4n) is 3.74. The van der Waals surface area contributed by atoms with Crippen molar-refractivity contribution in [2.45, 2.75) is 42.4 Å². The minimum absolute atomic E-state index is 0.0906. The standard InChI is InChI=1S/C18H22N2O3S3/c21-17(20-11-3-5-15(20)16-6-4-12-24-16)13-14-7-8-18(25-14)26(22,23)19-9-1-2-10-19/h4,6-8,12,15H,1-3,5,9-11,13H2. The van der Waals surface area contributed by atoms with E-state index < -0.39 is 10.0 Å². The molecule has 140 valence electrons. The Balaban J connectivity index is 1.46. The number of rotatable bonds is 5. The summed E-state index contributed by atoms with van der Waals surface area (Å²) in [6, 6.07) is 7.74. The molecule has 1 unspecified atom stereocenters. The van der Waals surface area contributed by atoms with Crippen LogP contribution in [-0.4, -0.2) is 43.2 Å². The highest BCUT2D eigenvalue weighted by molar-refractivity contribution is 7.91. The summed E-state index contributed by atoms with van der Waals surface area (Å²) >= 11 is 2.93. The van der Waals surface area contributed by atoms with Crippen molar-refractivity contribution in [1.82, 2.24) is 9.21 Å². The molecule has 2 aromatic rings. The van der Waals surface area contributed by atoms with Crippen molar-refractivity contribution in [1.29, 1.82) is 0 Å². The van der Waals surface area contributed by atoms with Gasteiger partial charge in [-0.1, -0.05) is 6.07 Å². The Bertz CT molecular complexity index is 867. The van der Waals surface area contributed by atoms with Crippen LogP contribution >= 0.6 is 22.7 Å². The molecule has 5 nitrogen and oxygen atoms in total. The van der Waals surface area contributed by atoms with E-state index in [1.807, 2.05) is 16.3 Å². The Morgan fingerprint density at radius 1 is 1.12 bits per heavy atom. The SMILES string of the molecule is O=C(Cc1ccc(S(=O)(=O)N2CCCC2)s1)N1CCCC1c1cccs1. The van der Waals surface area contributed by atoms with Crippen LogP contribution < -0.4 is 0 Å². The van der Waals surface area contributed by atoms with Gasteiger partial charge in [0, 0.05) is 29.4 Å². The quantitative estimate of drug-likeness (QED) is 0.758. The van der Waals surface area contributed by atoms with Gasteiger partial charge in [0.25, 0.3) is 10.0 Å². The summed E-state index contributed by atoms with van der Waals surface area (Å²) < 4.78 is 27.2. The van der Waals surface area contributed by atoms with E-state index in [2.05, 4.69) is 6.07 Å². The number of sulfonamides is 1. The molecule has 8 heteroatoms. The van der Waals surface area contributed by atoms with Gasteiger partial charge in [0.1, 0.15) is 4.21 Å². The van der Waals surface area contributed by atoms with E-state index in [4.69, 9.17) is 0 Å². The van der Waals surface area contributed by atoms with E-state index in [1.54, 1.807) is 27.8 Å². The Morgan fingerprint density at radius 2 is 1.92 bits per heavy atom. The van der Waals surface area contributed by atoms with Crippen molar-refractivity contribution in [2.24, 2.45) is 0 Å². The number of likely N-dealkylation sites (tertiary alicyclic amines) is 1. The molecule has 2 aliphatic heterocycles. The number of thiophene rings is 2. The van der Waals surface area contributed by atoms with Crippen molar-refractivity contribution >= 4 is 38.6 Å². The predicted octanol–water partition coefficient (Wildman–Crippen LogP) is 3.50. The molecule has 4 rings (SSSR count). The zero-order valence-electron chi connectivity index (χ0n) is 14.5. The first-order valence-corrected chi connectivity index (χ1v) is 12.1. The normalized spacial score (nSPS) is 21.5. The van der Waals surface area contributed by atoms with Gasteiger partial charge < -0.3 is 4.90 Å². The molecule has 4 heterocycles. The van der Waals surface area contributed by atoms with Gasteiger partial charge in [0.15, 0.2) is 0 Å². The monoisotopic (exact) mass is 410 g/mol. The molecular weight excluding hydrogens is 388 g/mol. The topological polar surface area (TPSA) is 57.7 Å². The lowest BCUT2D eigenvalue weighted by atomic mass is 10.2. The minimum Gasteiger partial charge on any atom is -0.335 e. The van der Waals surface area contributed by atoms with Crippen molar-refractivity contribution in [3.63, 3.8) is 0 Å². The number of carbonyl (C=O) groups is 1. The molecule has 1 atom stereocenters. The lowest BCUT2D eigenvalue weighted by Gasteiger charge is -2.23. The van der Waals surface area contributed by atoms with Crippen LogP contribution in [0.5, 0.6) is 0 Å². The number of carbonyl (C=O) groups excluding carboxylic acids is 1. The highest BCUT2D eigenvalue weighted by Gasteiger charge is 2.32. The van der Waals surface area contributed by atoms with Gasteiger partial charge in [-0.15, -0.1) is 22.7 Å². The molecule has 26 heavy (non-hydrogen) atoms. The van der Waals surface area contributed by atoms with Crippen LogP contribution in [0.3, 0.4) is 0 Å². The van der Waals surface area contributed by atoms with Gasteiger partial charge in [0.05, 0.1) is 12.5 Å². The molecule has 0 N–H and O–H groups in total. The Morgan fingerprint density at radius 3 is 2.65 bits per heavy atom. The molecule has 0 saturated carbocycles. The third kappa shape index (κ3) is 3.47. The Labute approximate surface area is 162 Å². The summed E-state index contributed by atoms with van der Waals surface area (Å²) in [6.45, 7) is 1.99. The lowest BCUT2D eigenvalue weighted by Crippen LogP contribution is -2.31. The van der Waals surface area contributed by atoms with Crippen LogP contribution in [-0.2, 0) is 21.2 Å². The van der Waals surface area contributed by atoms with Crippen LogP contribution in [0.25, 0.3) is 0 Å². The summed E-state index contributed by atoms with van der Waals surface area (Å²) in [6.07, 6.45) is 4.16. The molecule has 2 saturated heterocycles. The third-order valence-electron chi connectivity index (χ3n) is 5.07. The average molecular weight is 411 g/mol. The molecule has 0 spiro atoms. The van der Waals surface area contributed by atoms with Gasteiger partial charge in [-0.25, -0.2) is 8.42 Å². The molecule has 2 aliphatic rings. The second-order valence-corrected chi connectivity index (χ2v) is 11.1. The summed E-state index contributed by atoms with van der Waals surface area (Å²) in [5.41, 5.74) is 0. The predicted molar refractivity (Wildman–Crippen MR) is 104 cm³/mol. The Kier molecular flexibility index (Phi) is 5.18. The maximum atomic E-state index is 12.8. The average Bonchev–Trinajstić information content (AvgIpc) is 3.42. The second-order valence-electron chi connectivity index (χ2n) is 6.77. The second kappa shape index (κ2) is 7.42. The van der Waals surface area contributed by atoms with E-state index in [-0.39, 0.29) is 18.4 Å². The molecule has 2 fully saturated rings. The molecule has 1 amide bonds. The largest absolute Gasteiger partial charge is 0.335 e. The van der Waals surface area contributed by atoms with E-state index in [0.29, 0.717) is 17.3 Å². The highest BCUT2D eigenvalue weighted by Crippen LogP contribution is 2.35. The maximum Gasteiger partial charge on any atom is 0.252 e.